The molecule has 1 N–H and O–H groups in total. The van der Waals surface area contributed by atoms with Crippen molar-refractivity contribution in [2.24, 2.45) is 0 Å². The number of hydrogen-bond acceptors (Lipinski definition) is 3. The van der Waals surface area contributed by atoms with Crippen molar-refractivity contribution in [1.82, 2.24) is 4.57 Å². The fourth-order valence-corrected chi connectivity index (χ4v) is 6.08. The molecular formula is C30H24ClNO4S. The molecule has 0 unspecified atom stereocenters. The molecule has 4 aromatic carbocycles. The van der Waals surface area contributed by atoms with Crippen LogP contribution in [0.4, 0.5) is 0 Å². The summed E-state index contributed by atoms with van der Waals surface area (Å²) < 4.78 is 28.1. The van der Waals surface area contributed by atoms with Crippen LogP contribution in [-0.2, 0) is 16.4 Å². The Hall–Kier alpha value is -3.87. The molecule has 7 heteroatoms. The summed E-state index contributed by atoms with van der Waals surface area (Å²) in [4.78, 5) is 11.2. The standard InChI is InChI=1S/C30H24ClNO4S/c31-24-13-16-26-27(29(21-7-3-1-4-8-21)22-9-5-2-6-10-22)20-32(28(26)19-24)17-18-37(35,36)25-14-11-23(12-15-25)30(33)34/h1-16,19-20,29H,17-18H2,(H,33,34). The van der Waals surface area contributed by atoms with Gasteiger partial charge < -0.3 is 9.67 Å². The van der Waals surface area contributed by atoms with E-state index in [1.54, 1.807) is 0 Å². The van der Waals surface area contributed by atoms with Gasteiger partial charge >= 0.3 is 5.97 Å². The molecule has 0 spiro atoms. The third kappa shape index (κ3) is 5.17. The number of carboxylic acid groups (broad SMARTS) is 1. The Morgan fingerprint density at radius 2 is 1.43 bits per heavy atom. The Kier molecular flexibility index (Phi) is 6.87. The number of fused-ring (bicyclic) bond motifs is 1. The van der Waals surface area contributed by atoms with Gasteiger partial charge in [-0.25, -0.2) is 13.2 Å². The first-order chi connectivity index (χ1) is 17.8. The van der Waals surface area contributed by atoms with Gasteiger partial charge in [-0.3, -0.25) is 0 Å². The highest BCUT2D eigenvalue weighted by Gasteiger charge is 2.23. The summed E-state index contributed by atoms with van der Waals surface area (Å²) in [5.41, 5.74) is 4.23. The zero-order chi connectivity index (χ0) is 26.0. The first-order valence-electron chi connectivity index (χ1n) is 11.8. The highest BCUT2D eigenvalue weighted by molar-refractivity contribution is 7.91. The van der Waals surface area contributed by atoms with Crippen LogP contribution in [-0.4, -0.2) is 29.8 Å². The van der Waals surface area contributed by atoms with Gasteiger partial charge in [-0.15, -0.1) is 0 Å². The lowest BCUT2D eigenvalue weighted by Gasteiger charge is -2.18. The largest absolute Gasteiger partial charge is 0.478 e. The van der Waals surface area contributed by atoms with E-state index < -0.39 is 15.8 Å². The average Bonchev–Trinajstić information content (AvgIpc) is 3.26. The molecule has 0 amide bonds. The zero-order valence-electron chi connectivity index (χ0n) is 19.8. The molecule has 37 heavy (non-hydrogen) atoms. The van der Waals surface area contributed by atoms with E-state index in [1.165, 1.54) is 24.3 Å². The van der Waals surface area contributed by atoms with Crippen molar-refractivity contribution >= 4 is 38.3 Å². The molecule has 1 heterocycles. The Morgan fingerprint density at radius 1 is 0.838 bits per heavy atom. The van der Waals surface area contributed by atoms with Gasteiger partial charge in [0.25, 0.3) is 0 Å². The third-order valence-corrected chi connectivity index (χ3v) is 8.46. The van der Waals surface area contributed by atoms with Gasteiger partial charge in [-0.1, -0.05) is 78.3 Å². The van der Waals surface area contributed by atoms with Gasteiger partial charge in [0.2, 0.25) is 0 Å². The predicted molar refractivity (Wildman–Crippen MR) is 146 cm³/mol. The first-order valence-corrected chi connectivity index (χ1v) is 13.8. The lowest BCUT2D eigenvalue weighted by Crippen LogP contribution is -2.13. The van der Waals surface area contributed by atoms with Crippen LogP contribution in [0.1, 0.15) is 33.0 Å². The van der Waals surface area contributed by atoms with Crippen molar-refractivity contribution in [3.8, 4) is 0 Å². The van der Waals surface area contributed by atoms with E-state index in [0.717, 1.165) is 27.6 Å². The topological polar surface area (TPSA) is 76.4 Å². The molecule has 5 nitrogen and oxygen atoms in total. The Morgan fingerprint density at radius 3 is 2.00 bits per heavy atom. The molecule has 0 aliphatic rings. The van der Waals surface area contributed by atoms with Crippen LogP contribution in [0.15, 0.2) is 114 Å². The van der Waals surface area contributed by atoms with Crippen molar-refractivity contribution < 1.29 is 18.3 Å². The molecule has 5 aromatic rings. The average molecular weight is 530 g/mol. The third-order valence-electron chi connectivity index (χ3n) is 6.51. The molecule has 0 aliphatic heterocycles. The predicted octanol–water partition coefficient (Wildman–Crippen LogP) is 6.65. The second-order valence-electron chi connectivity index (χ2n) is 8.84. The van der Waals surface area contributed by atoms with Crippen LogP contribution in [0.2, 0.25) is 5.02 Å². The van der Waals surface area contributed by atoms with E-state index in [9.17, 15) is 13.2 Å². The van der Waals surface area contributed by atoms with Gasteiger partial charge in [0.1, 0.15) is 0 Å². The minimum absolute atomic E-state index is 0.0440. The number of carboxylic acids is 1. The molecule has 1 aromatic heterocycles. The number of aromatic nitrogens is 1. The molecule has 0 aliphatic carbocycles. The second kappa shape index (κ2) is 10.2. The number of rotatable bonds is 8. The van der Waals surface area contributed by atoms with Crippen LogP contribution >= 0.6 is 11.6 Å². The Balaban J connectivity index is 1.55. The van der Waals surface area contributed by atoms with Gasteiger partial charge in [0.15, 0.2) is 9.84 Å². The molecule has 0 saturated carbocycles. The number of nitrogens with zero attached hydrogens (tertiary/aromatic N) is 1. The smallest absolute Gasteiger partial charge is 0.335 e. The van der Waals surface area contributed by atoms with Crippen molar-refractivity contribution in [3.63, 3.8) is 0 Å². The van der Waals surface area contributed by atoms with Gasteiger partial charge in [0, 0.05) is 34.6 Å². The van der Waals surface area contributed by atoms with Crippen LogP contribution in [0, 0.1) is 0 Å². The lowest BCUT2D eigenvalue weighted by atomic mass is 9.85. The second-order valence-corrected chi connectivity index (χ2v) is 11.4. The fraction of sp³-hybridized carbons (Fsp3) is 0.100. The van der Waals surface area contributed by atoms with Crippen molar-refractivity contribution in [2.45, 2.75) is 17.4 Å². The zero-order valence-corrected chi connectivity index (χ0v) is 21.4. The van der Waals surface area contributed by atoms with Crippen LogP contribution in [0.5, 0.6) is 0 Å². The summed E-state index contributed by atoms with van der Waals surface area (Å²) in [6.07, 6.45) is 2.02. The maximum Gasteiger partial charge on any atom is 0.335 e. The summed E-state index contributed by atoms with van der Waals surface area (Å²) in [5, 5.41) is 10.7. The van der Waals surface area contributed by atoms with Crippen molar-refractivity contribution in [3.05, 3.63) is 137 Å². The first kappa shape index (κ1) is 24.8. The molecule has 186 valence electrons. The molecule has 0 atom stereocenters. The summed E-state index contributed by atoms with van der Waals surface area (Å²) in [6, 6.07) is 31.4. The quantitative estimate of drug-likeness (QED) is 0.244. The van der Waals surface area contributed by atoms with E-state index in [1.807, 2.05) is 65.4 Å². The van der Waals surface area contributed by atoms with Crippen LogP contribution in [0.25, 0.3) is 10.9 Å². The number of hydrogen-bond donors (Lipinski definition) is 1. The highest BCUT2D eigenvalue weighted by atomic mass is 35.5. The highest BCUT2D eigenvalue weighted by Crippen LogP contribution is 2.38. The van der Waals surface area contributed by atoms with E-state index in [4.69, 9.17) is 16.7 Å². The molecule has 0 radical (unpaired) electrons. The summed E-state index contributed by atoms with van der Waals surface area (Å²) in [5.74, 6) is -1.29. The molecular weight excluding hydrogens is 506 g/mol. The van der Waals surface area contributed by atoms with E-state index in [2.05, 4.69) is 24.3 Å². The number of aromatic carboxylic acids is 1. The molecule has 0 fully saturated rings. The maximum atomic E-state index is 13.1. The minimum Gasteiger partial charge on any atom is -0.478 e. The van der Waals surface area contributed by atoms with Crippen molar-refractivity contribution in [1.29, 1.82) is 0 Å². The number of benzene rings is 4. The fourth-order valence-electron chi connectivity index (χ4n) is 4.69. The maximum absolute atomic E-state index is 13.1. The van der Waals surface area contributed by atoms with Gasteiger partial charge in [-0.05, 0) is 53.1 Å². The SMILES string of the molecule is O=C(O)c1ccc(S(=O)(=O)CCn2cc(C(c3ccccc3)c3ccccc3)c3ccc(Cl)cc32)cc1. The normalized spacial score (nSPS) is 11.7. The van der Waals surface area contributed by atoms with Gasteiger partial charge in [-0.2, -0.15) is 0 Å². The molecule has 0 saturated heterocycles. The summed E-state index contributed by atoms with van der Waals surface area (Å²) >= 11 is 6.36. The lowest BCUT2D eigenvalue weighted by molar-refractivity contribution is 0.0696. The summed E-state index contributed by atoms with van der Waals surface area (Å²) in [7, 11) is -3.64. The van der Waals surface area contributed by atoms with Crippen molar-refractivity contribution in [2.75, 3.05) is 5.75 Å². The minimum atomic E-state index is -3.64. The van der Waals surface area contributed by atoms with E-state index in [-0.39, 0.29) is 28.7 Å². The number of sulfone groups is 1. The van der Waals surface area contributed by atoms with Gasteiger partial charge in [0.05, 0.1) is 16.2 Å². The number of carbonyl (C=O) groups is 1. The van der Waals surface area contributed by atoms with E-state index in [0.29, 0.717) is 5.02 Å². The van der Waals surface area contributed by atoms with Crippen LogP contribution in [0.3, 0.4) is 0 Å². The Bertz CT molecular complexity index is 1620. The van der Waals surface area contributed by atoms with Crippen LogP contribution < -0.4 is 0 Å². The van der Waals surface area contributed by atoms with E-state index >= 15 is 0 Å². The molecule has 5 rings (SSSR count). The number of halogens is 1. The monoisotopic (exact) mass is 529 g/mol. The number of aryl methyl sites for hydroxylation is 1. The summed E-state index contributed by atoms with van der Waals surface area (Å²) in [6.45, 7) is 0.218. The molecule has 0 bridgehead atoms. The Labute approximate surface area is 220 Å².